The molecule has 3 heteroatoms. The van der Waals surface area contributed by atoms with E-state index in [2.05, 4.69) is 17.1 Å². The van der Waals surface area contributed by atoms with E-state index in [9.17, 15) is 5.26 Å². The molecule has 82 valence electrons. The average molecular weight is 213 g/mol. The van der Waals surface area contributed by atoms with E-state index in [4.69, 9.17) is 5.26 Å². The van der Waals surface area contributed by atoms with E-state index in [-0.39, 0.29) is 11.8 Å². The highest BCUT2D eigenvalue weighted by molar-refractivity contribution is 5.51. The van der Waals surface area contributed by atoms with Crippen LogP contribution in [0.15, 0.2) is 6.20 Å². The van der Waals surface area contributed by atoms with Gasteiger partial charge in [-0.3, -0.25) is 4.98 Å². The summed E-state index contributed by atoms with van der Waals surface area (Å²) in [5.74, 6) is 0.352. The fourth-order valence-electron chi connectivity index (χ4n) is 1.78. The summed E-state index contributed by atoms with van der Waals surface area (Å²) in [5, 5.41) is 18.2. The van der Waals surface area contributed by atoms with E-state index in [0.717, 1.165) is 11.3 Å². The molecular weight excluding hydrogens is 198 g/mol. The van der Waals surface area contributed by atoms with Crippen LogP contribution in [-0.2, 0) is 0 Å². The maximum atomic E-state index is 9.22. The molecule has 0 N–H and O–H groups in total. The van der Waals surface area contributed by atoms with Gasteiger partial charge in [-0.15, -0.1) is 0 Å². The third kappa shape index (κ3) is 2.04. The van der Waals surface area contributed by atoms with E-state index in [1.807, 2.05) is 27.7 Å². The second kappa shape index (κ2) is 4.77. The lowest BCUT2D eigenvalue weighted by Gasteiger charge is -2.14. The molecule has 0 bridgehead atoms. The van der Waals surface area contributed by atoms with Gasteiger partial charge in [-0.1, -0.05) is 27.7 Å². The van der Waals surface area contributed by atoms with Crippen molar-refractivity contribution in [3.05, 3.63) is 28.6 Å². The Kier molecular flexibility index (Phi) is 3.64. The molecular formula is C13H15N3. The van der Waals surface area contributed by atoms with Gasteiger partial charge in [0.15, 0.2) is 0 Å². The summed E-state index contributed by atoms with van der Waals surface area (Å²) in [4.78, 5) is 4.22. The summed E-state index contributed by atoms with van der Waals surface area (Å²) >= 11 is 0. The highest BCUT2D eigenvalue weighted by Gasteiger charge is 2.18. The molecule has 0 aromatic carbocycles. The van der Waals surface area contributed by atoms with Crippen LogP contribution in [0.5, 0.6) is 0 Å². The Labute approximate surface area is 96.4 Å². The van der Waals surface area contributed by atoms with Crippen LogP contribution in [0, 0.1) is 22.7 Å². The molecule has 16 heavy (non-hydrogen) atoms. The molecule has 3 nitrogen and oxygen atoms in total. The van der Waals surface area contributed by atoms with E-state index < -0.39 is 0 Å². The predicted molar refractivity (Wildman–Crippen MR) is 61.8 cm³/mol. The van der Waals surface area contributed by atoms with E-state index >= 15 is 0 Å². The zero-order valence-electron chi connectivity index (χ0n) is 10.1. The number of rotatable bonds is 2. The first-order valence-corrected chi connectivity index (χ1v) is 5.35. The van der Waals surface area contributed by atoms with Crippen LogP contribution in [-0.4, -0.2) is 4.98 Å². The molecule has 1 rings (SSSR count). The Morgan fingerprint density at radius 3 is 2.06 bits per heavy atom. The number of nitriles is 2. The number of hydrogen-bond acceptors (Lipinski definition) is 3. The van der Waals surface area contributed by atoms with Crippen molar-refractivity contribution >= 4 is 0 Å². The van der Waals surface area contributed by atoms with Gasteiger partial charge in [0, 0.05) is 6.20 Å². The lowest BCUT2D eigenvalue weighted by molar-refractivity contribution is 0.790. The quantitative estimate of drug-likeness (QED) is 0.758. The molecule has 0 radical (unpaired) electrons. The minimum absolute atomic E-state index is 0.157. The average Bonchev–Trinajstić information content (AvgIpc) is 2.26. The molecule has 0 saturated carbocycles. The van der Waals surface area contributed by atoms with Crippen molar-refractivity contribution < 1.29 is 0 Å². The summed E-state index contributed by atoms with van der Waals surface area (Å²) in [5.41, 5.74) is 2.69. The van der Waals surface area contributed by atoms with Gasteiger partial charge in [0.05, 0.1) is 16.8 Å². The molecule has 0 unspecified atom stereocenters. The topological polar surface area (TPSA) is 60.5 Å². The third-order valence-corrected chi connectivity index (χ3v) is 2.50. The molecule has 1 heterocycles. The zero-order chi connectivity index (χ0) is 12.3. The minimum Gasteiger partial charge on any atom is -0.258 e. The van der Waals surface area contributed by atoms with E-state index in [1.165, 1.54) is 0 Å². The Morgan fingerprint density at radius 1 is 1.06 bits per heavy atom. The van der Waals surface area contributed by atoms with Gasteiger partial charge in [-0.2, -0.15) is 10.5 Å². The second-order valence-corrected chi connectivity index (χ2v) is 4.38. The van der Waals surface area contributed by atoms with Crippen LogP contribution in [0.25, 0.3) is 0 Å². The molecule has 0 aliphatic carbocycles. The molecule has 0 aliphatic rings. The predicted octanol–water partition coefficient (Wildman–Crippen LogP) is 3.07. The fourth-order valence-corrected chi connectivity index (χ4v) is 1.78. The van der Waals surface area contributed by atoms with Crippen molar-refractivity contribution in [2.75, 3.05) is 0 Å². The van der Waals surface area contributed by atoms with Crippen molar-refractivity contribution in [1.29, 1.82) is 10.5 Å². The summed E-state index contributed by atoms with van der Waals surface area (Å²) in [6.07, 6.45) is 1.57. The molecule has 0 fully saturated rings. The van der Waals surface area contributed by atoms with Crippen LogP contribution >= 0.6 is 0 Å². The van der Waals surface area contributed by atoms with Crippen molar-refractivity contribution in [3.8, 4) is 12.1 Å². The second-order valence-electron chi connectivity index (χ2n) is 4.38. The largest absolute Gasteiger partial charge is 0.258 e. The number of hydrogen-bond donors (Lipinski definition) is 0. The Hall–Kier alpha value is -1.87. The van der Waals surface area contributed by atoms with Crippen LogP contribution in [0.3, 0.4) is 0 Å². The lowest BCUT2D eigenvalue weighted by Crippen LogP contribution is -2.06. The third-order valence-electron chi connectivity index (χ3n) is 2.50. The first kappa shape index (κ1) is 12.2. The minimum atomic E-state index is 0.157. The van der Waals surface area contributed by atoms with Gasteiger partial charge in [0.2, 0.25) is 0 Å². The van der Waals surface area contributed by atoms with Crippen LogP contribution in [0.4, 0.5) is 0 Å². The molecule has 0 spiro atoms. The molecule has 1 aromatic heterocycles. The summed E-state index contributed by atoms with van der Waals surface area (Å²) in [6, 6.07) is 4.29. The molecule has 0 amide bonds. The van der Waals surface area contributed by atoms with Crippen LogP contribution in [0.2, 0.25) is 0 Å². The maximum absolute atomic E-state index is 9.22. The maximum Gasteiger partial charge on any atom is 0.101 e. The zero-order valence-corrected chi connectivity index (χ0v) is 10.1. The van der Waals surface area contributed by atoms with Crippen molar-refractivity contribution in [2.45, 2.75) is 39.5 Å². The molecule has 0 aliphatic heterocycles. The summed E-state index contributed by atoms with van der Waals surface area (Å²) < 4.78 is 0. The standard InChI is InChI=1S/C13H15N3/c1-8(2)12-10(5-14)7-16-13(9(3)4)11(12)6-15/h7-9H,1-4H3. The summed E-state index contributed by atoms with van der Waals surface area (Å²) in [7, 11) is 0. The number of pyridine rings is 1. The Morgan fingerprint density at radius 2 is 1.69 bits per heavy atom. The van der Waals surface area contributed by atoms with Gasteiger partial charge in [0.25, 0.3) is 0 Å². The number of nitrogens with zero attached hydrogens (tertiary/aromatic N) is 3. The first-order valence-electron chi connectivity index (χ1n) is 5.35. The van der Waals surface area contributed by atoms with E-state index in [0.29, 0.717) is 11.1 Å². The van der Waals surface area contributed by atoms with Crippen LogP contribution < -0.4 is 0 Å². The van der Waals surface area contributed by atoms with Crippen molar-refractivity contribution in [1.82, 2.24) is 4.98 Å². The highest BCUT2D eigenvalue weighted by Crippen LogP contribution is 2.27. The van der Waals surface area contributed by atoms with Gasteiger partial charge in [-0.05, 0) is 17.4 Å². The van der Waals surface area contributed by atoms with E-state index in [1.54, 1.807) is 6.20 Å². The Balaban J connectivity index is 3.60. The summed E-state index contributed by atoms with van der Waals surface area (Å²) in [6.45, 7) is 7.97. The van der Waals surface area contributed by atoms with Crippen molar-refractivity contribution in [2.24, 2.45) is 0 Å². The first-order chi connectivity index (χ1) is 7.52. The van der Waals surface area contributed by atoms with Gasteiger partial charge in [0.1, 0.15) is 12.1 Å². The SMILES string of the molecule is CC(C)c1ncc(C#N)c(C(C)C)c1C#N. The smallest absolute Gasteiger partial charge is 0.101 e. The normalized spacial score (nSPS) is 10.2. The van der Waals surface area contributed by atoms with Gasteiger partial charge >= 0.3 is 0 Å². The van der Waals surface area contributed by atoms with Gasteiger partial charge < -0.3 is 0 Å². The molecule has 1 aromatic rings. The van der Waals surface area contributed by atoms with Crippen molar-refractivity contribution in [3.63, 3.8) is 0 Å². The molecule has 0 saturated heterocycles. The molecule has 0 atom stereocenters. The van der Waals surface area contributed by atoms with Crippen LogP contribution in [0.1, 0.15) is 61.9 Å². The number of aromatic nitrogens is 1. The monoisotopic (exact) mass is 213 g/mol. The Bertz CT molecular complexity index is 473. The lowest BCUT2D eigenvalue weighted by atomic mass is 9.90. The van der Waals surface area contributed by atoms with Gasteiger partial charge in [-0.25, -0.2) is 0 Å². The highest BCUT2D eigenvalue weighted by atomic mass is 14.7. The fraction of sp³-hybridized carbons (Fsp3) is 0.462.